The van der Waals surface area contributed by atoms with Crippen molar-refractivity contribution in [3.63, 3.8) is 0 Å². The van der Waals surface area contributed by atoms with Crippen molar-refractivity contribution in [3.05, 3.63) is 42.4 Å². The first-order chi connectivity index (χ1) is 9.12. The molecule has 0 aliphatic carbocycles. The van der Waals surface area contributed by atoms with E-state index < -0.39 is 10.0 Å². The molecule has 0 fully saturated rings. The second kappa shape index (κ2) is 5.72. The molecule has 7 nitrogen and oxygen atoms in total. The monoisotopic (exact) mass is 279 g/mol. The van der Waals surface area contributed by atoms with E-state index in [1.54, 1.807) is 19.2 Å². The zero-order chi connectivity index (χ0) is 13.7. The van der Waals surface area contributed by atoms with Crippen LogP contribution in [0.25, 0.3) is 0 Å². The number of sulfonamides is 1. The van der Waals surface area contributed by atoms with Crippen molar-refractivity contribution >= 4 is 16.0 Å². The highest BCUT2D eigenvalue weighted by Crippen LogP contribution is 2.10. The fraction of sp³-hybridized carbons (Fsp3) is 0.182. The van der Waals surface area contributed by atoms with Crippen molar-refractivity contribution < 1.29 is 8.42 Å². The fourth-order valence-electron chi connectivity index (χ4n) is 1.40. The second-order valence-corrected chi connectivity index (χ2v) is 5.34. The Labute approximate surface area is 111 Å². The van der Waals surface area contributed by atoms with E-state index in [2.05, 4.69) is 25.0 Å². The van der Waals surface area contributed by atoms with E-state index in [0.717, 1.165) is 5.56 Å². The molecular formula is C11H13N5O2S. The Morgan fingerprint density at radius 1 is 1.16 bits per heavy atom. The molecule has 2 aromatic heterocycles. The highest BCUT2D eigenvalue weighted by Gasteiger charge is 2.16. The molecule has 0 saturated carbocycles. The predicted molar refractivity (Wildman–Crippen MR) is 69.8 cm³/mol. The molecule has 8 heteroatoms. The lowest BCUT2D eigenvalue weighted by Crippen LogP contribution is -2.16. The Hall–Kier alpha value is -2.06. The summed E-state index contributed by atoms with van der Waals surface area (Å²) in [6, 6.07) is 4.74. The highest BCUT2D eigenvalue weighted by molar-refractivity contribution is 7.92. The summed E-state index contributed by atoms with van der Waals surface area (Å²) in [6.45, 7) is 0.628. The van der Waals surface area contributed by atoms with Crippen molar-refractivity contribution in [1.82, 2.24) is 20.3 Å². The number of nitrogens with one attached hydrogen (secondary N) is 2. The minimum absolute atomic E-state index is 0.0172. The zero-order valence-corrected chi connectivity index (χ0v) is 11.1. The molecule has 0 amide bonds. The van der Waals surface area contributed by atoms with Crippen molar-refractivity contribution in [2.24, 2.45) is 0 Å². The first-order valence-corrected chi connectivity index (χ1v) is 6.99. The predicted octanol–water partition coefficient (Wildman–Crippen LogP) is 0.392. The first kappa shape index (κ1) is 13.4. The number of anilines is 1. The van der Waals surface area contributed by atoms with Gasteiger partial charge in [0, 0.05) is 25.1 Å². The third-order valence-corrected chi connectivity index (χ3v) is 3.49. The van der Waals surface area contributed by atoms with E-state index in [1.807, 2.05) is 0 Å². The number of aromatic nitrogens is 3. The van der Waals surface area contributed by atoms with E-state index in [9.17, 15) is 8.42 Å². The van der Waals surface area contributed by atoms with Gasteiger partial charge in [-0.05, 0) is 24.7 Å². The van der Waals surface area contributed by atoms with Crippen molar-refractivity contribution in [2.75, 3.05) is 11.8 Å². The van der Waals surface area contributed by atoms with Gasteiger partial charge in [0.25, 0.3) is 10.0 Å². The second-order valence-electron chi connectivity index (χ2n) is 3.71. The van der Waals surface area contributed by atoms with E-state index in [0.29, 0.717) is 6.54 Å². The lowest BCUT2D eigenvalue weighted by atomic mass is 10.3. The standard InChI is InChI=1S/C11H13N5O2S/c1-12-7-9-3-4-10(15-8-9)19(17,18)16-11-13-5-2-6-14-11/h2-6,8,12H,7H2,1H3,(H,13,14,16). The van der Waals surface area contributed by atoms with Gasteiger partial charge in [0.15, 0.2) is 5.03 Å². The van der Waals surface area contributed by atoms with Crippen LogP contribution in [0.3, 0.4) is 0 Å². The van der Waals surface area contributed by atoms with Crippen molar-refractivity contribution in [2.45, 2.75) is 11.6 Å². The van der Waals surface area contributed by atoms with Gasteiger partial charge < -0.3 is 5.32 Å². The summed E-state index contributed by atoms with van der Waals surface area (Å²) in [7, 11) is -1.95. The Morgan fingerprint density at radius 3 is 2.47 bits per heavy atom. The molecule has 0 radical (unpaired) electrons. The SMILES string of the molecule is CNCc1ccc(S(=O)(=O)Nc2ncccn2)nc1. The van der Waals surface area contributed by atoms with Gasteiger partial charge in [0.05, 0.1) is 0 Å². The molecule has 0 aliphatic heterocycles. The van der Waals surface area contributed by atoms with Gasteiger partial charge in [-0.25, -0.2) is 19.7 Å². The topological polar surface area (TPSA) is 96.9 Å². The van der Waals surface area contributed by atoms with Crippen LogP contribution in [0.1, 0.15) is 5.56 Å². The molecule has 2 heterocycles. The van der Waals surface area contributed by atoms with Crippen LogP contribution in [0.4, 0.5) is 5.95 Å². The van der Waals surface area contributed by atoms with Crippen LogP contribution in [0.5, 0.6) is 0 Å². The molecule has 0 bridgehead atoms. The summed E-state index contributed by atoms with van der Waals surface area (Å²) < 4.78 is 26.3. The van der Waals surface area contributed by atoms with Crippen molar-refractivity contribution in [3.8, 4) is 0 Å². The number of hydrogen-bond donors (Lipinski definition) is 2. The number of rotatable bonds is 5. The van der Waals surface area contributed by atoms with Crippen LogP contribution in [0.2, 0.25) is 0 Å². The highest BCUT2D eigenvalue weighted by atomic mass is 32.2. The lowest BCUT2D eigenvalue weighted by Gasteiger charge is -2.06. The largest absolute Gasteiger partial charge is 0.316 e. The molecule has 100 valence electrons. The van der Waals surface area contributed by atoms with Crippen LogP contribution >= 0.6 is 0 Å². The Balaban J connectivity index is 2.20. The minimum atomic E-state index is -3.75. The molecule has 0 atom stereocenters. The zero-order valence-electron chi connectivity index (χ0n) is 10.2. The summed E-state index contributed by atoms with van der Waals surface area (Å²) in [6.07, 6.45) is 4.42. The van der Waals surface area contributed by atoms with Gasteiger partial charge in [0.2, 0.25) is 5.95 Å². The van der Waals surface area contributed by atoms with Gasteiger partial charge in [-0.15, -0.1) is 0 Å². The summed E-state index contributed by atoms with van der Waals surface area (Å²) >= 11 is 0. The molecule has 2 N–H and O–H groups in total. The molecule has 19 heavy (non-hydrogen) atoms. The molecule has 2 rings (SSSR count). The maximum atomic E-state index is 12.0. The van der Waals surface area contributed by atoms with E-state index in [1.165, 1.54) is 24.7 Å². The van der Waals surface area contributed by atoms with Gasteiger partial charge in [-0.2, -0.15) is 8.42 Å². The molecular weight excluding hydrogens is 266 g/mol. The third kappa shape index (κ3) is 3.46. The van der Waals surface area contributed by atoms with Crippen LogP contribution in [0, 0.1) is 0 Å². The van der Waals surface area contributed by atoms with Crippen molar-refractivity contribution in [1.29, 1.82) is 0 Å². The molecule has 0 spiro atoms. The summed E-state index contributed by atoms with van der Waals surface area (Å²) in [5.41, 5.74) is 0.900. The fourth-order valence-corrected chi connectivity index (χ4v) is 2.29. The van der Waals surface area contributed by atoms with E-state index in [-0.39, 0.29) is 11.0 Å². The third-order valence-electron chi connectivity index (χ3n) is 2.25. The van der Waals surface area contributed by atoms with Crippen LogP contribution in [0.15, 0.2) is 41.8 Å². The normalized spacial score (nSPS) is 11.2. The maximum Gasteiger partial charge on any atom is 0.281 e. The van der Waals surface area contributed by atoms with Gasteiger partial charge in [-0.1, -0.05) is 6.07 Å². The smallest absolute Gasteiger partial charge is 0.281 e. The van der Waals surface area contributed by atoms with Crippen LogP contribution in [-0.4, -0.2) is 30.4 Å². The number of nitrogens with zero attached hydrogens (tertiary/aromatic N) is 3. The molecule has 2 aromatic rings. The molecule has 0 saturated heterocycles. The van der Waals surface area contributed by atoms with Gasteiger partial charge in [0.1, 0.15) is 0 Å². The quantitative estimate of drug-likeness (QED) is 0.822. The summed E-state index contributed by atoms with van der Waals surface area (Å²) in [5, 5.41) is 2.89. The maximum absolute atomic E-state index is 12.0. The Kier molecular flexibility index (Phi) is 4.03. The van der Waals surface area contributed by atoms with Gasteiger partial charge in [-0.3, -0.25) is 0 Å². The summed E-state index contributed by atoms with van der Waals surface area (Å²) in [4.78, 5) is 11.5. The van der Waals surface area contributed by atoms with E-state index in [4.69, 9.17) is 0 Å². The van der Waals surface area contributed by atoms with Crippen LogP contribution < -0.4 is 10.0 Å². The van der Waals surface area contributed by atoms with E-state index >= 15 is 0 Å². The average molecular weight is 279 g/mol. The molecule has 0 aliphatic rings. The number of pyridine rings is 1. The molecule has 0 unspecified atom stereocenters. The van der Waals surface area contributed by atoms with Gasteiger partial charge >= 0.3 is 0 Å². The molecule has 0 aromatic carbocycles. The summed E-state index contributed by atoms with van der Waals surface area (Å²) in [5.74, 6) is 0.0172. The first-order valence-electron chi connectivity index (χ1n) is 5.51. The Bertz CT molecular complexity index is 628. The minimum Gasteiger partial charge on any atom is -0.316 e. The Morgan fingerprint density at radius 2 is 1.89 bits per heavy atom. The average Bonchev–Trinajstić information content (AvgIpc) is 2.40. The lowest BCUT2D eigenvalue weighted by molar-refractivity contribution is 0.597. The number of hydrogen-bond acceptors (Lipinski definition) is 6. The van der Waals surface area contributed by atoms with Crippen LogP contribution in [-0.2, 0) is 16.6 Å².